The van der Waals surface area contributed by atoms with Gasteiger partial charge in [0.05, 0.1) is 6.61 Å². The standard InChI is InChI=1S/C27H30O4/c1-3-30-25(28)24-23(20-16-14-19(2)15-17-20)18-27(31-26(24)29,21-10-6-4-7-11-21)22-12-8-5-9-13-22/h4,6-8,10-12,14-17,22-24H,3,5,9,13,18H2,1-2H3/t22-,23-,24+,27?/m1/s1. The van der Waals surface area contributed by atoms with Gasteiger partial charge < -0.3 is 9.47 Å². The fourth-order valence-corrected chi connectivity index (χ4v) is 5.05. The van der Waals surface area contributed by atoms with Crippen LogP contribution < -0.4 is 0 Å². The highest BCUT2D eigenvalue weighted by Crippen LogP contribution is 2.52. The van der Waals surface area contributed by atoms with E-state index in [0.717, 1.165) is 36.0 Å². The summed E-state index contributed by atoms with van der Waals surface area (Å²) in [5.41, 5.74) is 2.30. The Hall–Kier alpha value is -2.88. The van der Waals surface area contributed by atoms with Crippen LogP contribution >= 0.6 is 0 Å². The van der Waals surface area contributed by atoms with Crippen molar-refractivity contribution >= 4 is 11.9 Å². The van der Waals surface area contributed by atoms with Gasteiger partial charge in [0, 0.05) is 18.3 Å². The average molecular weight is 419 g/mol. The number of hydrogen-bond acceptors (Lipinski definition) is 4. The third-order valence-electron chi connectivity index (χ3n) is 6.62. The van der Waals surface area contributed by atoms with Crippen LogP contribution in [0, 0.1) is 18.8 Å². The highest BCUT2D eigenvalue weighted by atomic mass is 16.6. The monoisotopic (exact) mass is 418 g/mol. The minimum absolute atomic E-state index is 0.0729. The molecule has 31 heavy (non-hydrogen) atoms. The molecule has 1 aliphatic heterocycles. The Kier molecular flexibility index (Phi) is 6.26. The number of aryl methyl sites for hydroxylation is 1. The summed E-state index contributed by atoms with van der Waals surface area (Å²) in [6, 6.07) is 18.1. The summed E-state index contributed by atoms with van der Waals surface area (Å²) in [5.74, 6) is -2.18. The van der Waals surface area contributed by atoms with Gasteiger partial charge in [-0.3, -0.25) is 9.59 Å². The van der Waals surface area contributed by atoms with Crippen molar-refractivity contribution in [1.29, 1.82) is 0 Å². The molecule has 1 heterocycles. The number of allylic oxidation sites excluding steroid dienone is 1. The van der Waals surface area contributed by atoms with Crippen LogP contribution in [0.2, 0.25) is 0 Å². The number of hydrogen-bond donors (Lipinski definition) is 0. The first kappa shape index (κ1) is 21.4. The van der Waals surface area contributed by atoms with Gasteiger partial charge in [-0.05, 0) is 44.2 Å². The Bertz CT molecular complexity index is 947. The van der Waals surface area contributed by atoms with Gasteiger partial charge in [-0.2, -0.15) is 0 Å². The normalized spacial score (nSPS) is 28.1. The fraction of sp³-hybridized carbons (Fsp3) is 0.407. The van der Waals surface area contributed by atoms with Gasteiger partial charge in [0.15, 0.2) is 5.92 Å². The molecule has 2 aromatic carbocycles. The molecule has 1 aliphatic carbocycles. The zero-order valence-corrected chi connectivity index (χ0v) is 18.3. The Balaban J connectivity index is 1.83. The first-order valence-electron chi connectivity index (χ1n) is 11.2. The number of carbonyl (C=O) groups is 2. The molecule has 0 bridgehead atoms. The van der Waals surface area contributed by atoms with Crippen LogP contribution in [0.5, 0.6) is 0 Å². The summed E-state index contributed by atoms with van der Waals surface area (Å²) in [7, 11) is 0. The van der Waals surface area contributed by atoms with Gasteiger partial charge in [0.1, 0.15) is 5.60 Å². The van der Waals surface area contributed by atoms with Gasteiger partial charge in [0.2, 0.25) is 0 Å². The number of rotatable bonds is 5. The van der Waals surface area contributed by atoms with Crippen LogP contribution in [0.1, 0.15) is 55.2 Å². The summed E-state index contributed by atoms with van der Waals surface area (Å²) in [4.78, 5) is 26.3. The van der Waals surface area contributed by atoms with E-state index in [4.69, 9.17) is 9.47 Å². The number of esters is 2. The maximum absolute atomic E-state index is 13.4. The second-order valence-corrected chi connectivity index (χ2v) is 8.59. The minimum atomic E-state index is -0.952. The Morgan fingerprint density at radius 2 is 1.87 bits per heavy atom. The van der Waals surface area contributed by atoms with Gasteiger partial charge >= 0.3 is 11.9 Å². The predicted octanol–water partition coefficient (Wildman–Crippen LogP) is 5.46. The molecular weight excluding hydrogens is 388 g/mol. The molecule has 0 saturated carbocycles. The molecule has 0 aromatic heterocycles. The summed E-state index contributed by atoms with van der Waals surface area (Å²) in [6.07, 6.45) is 7.98. The van der Waals surface area contributed by atoms with Crippen LogP contribution in [0.4, 0.5) is 0 Å². The Morgan fingerprint density at radius 3 is 2.52 bits per heavy atom. The average Bonchev–Trinajstić information content (AvgIpc) is 2.80. The number of ether oxygens (including phenoxy) is 2. The highest BCUT2D eigenvalue weighted by Gasteiger charge is 2.55. The summed E-state index contributed by atoms with van der Waals surface area (Å²) in [6.45, 7) is 4.02. The molecule has 1 unspecified atom stereocenters. The molecule has 4 atom stereocenters. The zero-order valence-electron chi connectivity index (χ0n) is 18.3. The van der Waals surface area contributed by atoms with Gasteiger partial charge in [-0.1, -0.05) is 72.3 Å². The predicted molar refractivity (Wildman–Crippen MR) is 119 cm³/mol. The molecule has 0 radical (unpaired) electrons. The lowest BCUT2D eigenvalue weighted by Crippen LogP contribution is -2.51. The van der Waals surface area contributed by atoms with E-state index >= 15 is 0 Å². The third kappa shape index (κ3) is 4.16. The Labute approximate surface area is 184 Å². The number of benzene rings is 2. The number of cyclic esters (lactones) is 1. The first-order valence-corrected chi connectivity index (χ1v) is 11.2. The topological polar surface area (TPSA) is 52.6 Å². The van der Waals surface area contributed by atoms with E-state index < -0.39 is 23.5 Å². The summed E-state index contributed by atoms with van der Waals surface area (Å²) >= 11 is 0. The second kappa shape index (κ2) is 9.09. The lowest BCUT2D eigenvalue weighted by atomic mass is 9.66. The number of carbonyl (C=O) groups excluding carboxylic acids is 2. The SMILES string of the molecule is CCOC(=O)[C@H]1C(=O)OC(c2ccccc2)([C@@H]2C=CCCC2)C[C@@H]1c1ccc(C)cc1. The van der Waals surface area contributed by atoms with Crippen LogP contribution in [0.25, 0.3) is 0 Å². The smallest absolute Gasteiger partial charge is 0.321 e. The van der Waals surface area contributed by atoms with E-state index in [1.165, 1.54) is 0 Å². The van der Waals surface area contributed by atoms with E-state index in [0.29, 0.717) is 6.42 Å². The van der Waals surface area contributed by atoms with Crippen molar-refractivity contribution in [3.8, 4) is 0 Å². The van der Waals surface area contributed by atoms with Gasteiger partial charge in [-0.15, -0.1) is 0 Å². The van der Waals surface area contributed by atoms with E-state index in [2.05, 4.69) is 12.2 Å². The molecule has 0 spiro atoms. The molecule has 2 aromatic rings. The highest BCUT2D eigenvalue weighted by molar-refractivity contribution is 5.97. The van der Waals surface area contributed by atoms with Crippen molar-refractivity contribution in [1.82, 2.24) is 0 Å². The minimum Gasteiger partial charge on any atom is -0.465 e. The van der Waals surface area contributed by atoms with E-state index in [1.54, 1.807) is 6.92 Å². The molecule has 4 rings (SSSR count). The van der Waals surface area contributed by atoms with Crippen LogP contribution in [0.3, 0.4) is 0 Å². The molecule has 162 valence electrons. The van der Waals surface area contributed by atoms with E-state index in [-0.39, 0.29) is 18.4 Å². The van der Waals surface area contributed by atoms with Crippen molar-refractivity contribution in [2.75, 3.05) is 6.61 Å². The lowest BCUT2D eigenvalue weighted by Gasteiger charge is -2.47. The fourth-order valence-electron chi connectivity index (χ4n) is 5.05. The van der Waals surface area contributed by atoms with Crippen LogP contribution in [0.15, 0.2) is 66.7 Å². The molecule has 4 nitrogen and oxygen atoms in total. The molecule has 4 heteroatoms. The van der Waals surface area contributed by atoms with Crippen molar-refractivity contribution in [2.24, 2.45) is 11.8 Å². The van der Waals surface area contributed by atoms with Crippen molar-refractivity contribution in [3.63, 3.8) is 0 Å². The maximum atomic E-state index is 13.4. The van der Waals surface area contributed by atoms with Crippen molar-refractivity contribution in [3.05, 3.63) is 83.4 Å². The van der Waals surface area contributed by atoms with Crippen LogP contribution in [-0.2, 0) is 24.7 Å². The molecule has 1 saturated heterocycles. The second-order valence-electron chi connectivity index (χ2n) is 8.59. The van der Waals surface area contributed by atoms with Crippen molar-refractivity contribution in [2.45, 2.75) is 51.0 Å². The quantitative estimate of drug-likeness (QED) is 0.368. The van der Waals surface area contributed by atoms with Crippen LogP contribution in [-0.4, -0.2) is 18.5 Å². The lowest BCUT2D eigenvalue weighted by molar-refractivity contribution is -0.192. The van der Waals surface area contributed by atoms with Crippen molar-refractivity contribution < 1.29 is 19.1 Å². The molecule has 1 fully saturated rings. The molecule has 2 aliphatic rings. The molecule has 0 amide bonds. The Morgan fingerprint density at radius 1 is 1.13 bits per heavy atom. The van der Waals surface area contributed by atoms with Gasteiger partial charge in [-0.25, -0.2) is 0 Å². The van der Waals surface area contributed by atoms with Gasteiger partial charge in [0.25, 0.3) is 0 Å². The third-order valence-corrected chi connectivity index (χ3v) is 6.62. The maximum Gasteiger partial charge on any atom is 0.321 e. The molecule has 0 N–H and O–H groups in total. The zero-order chi connectivity index (χ0) is 21.8. The first-order chi connectivity index (χ1) is 15.0. The summed E-state index contributed by atoms with van der Waals surface area (Å²) in [5, 5.41) is 0. The van der Waals surface area contributed by atoms with E-state index in [9.17, 15) is 9.59 Å². The largest absolute Gasteiger partial charge is 0.465 e. The summed E-state index contributed by atoms with van der Waals surface area (Å²) < 4.78 is 11.6. The van der Waals surface area contributed by atoms with E-state index in [1.807, 2.05) is 61.5 Å². The molecular formula is C27H30O4.